The molecule has 0 atom stereocenters. The standard InChI is InChI=1S/C19H18ClN3O3S/c1-13-9-10-15(11-13)21-22-19(24)14-5-4-6-16(12-14)27(25,26)23-18-8-3-2-7-17(18)20/h2-8,11-12,23H,9-10H2,1H3,(H,22,24)/b21-15+. The van der Waals surface area contributed by atoms with Crippen LogP contribution in [0.1, 0.15) is 30.1 Å². The molecule has 2 aromatic rings. The molecule has 3 rings (SSSR count). The molecule has 6 nitrogen and oxygen atoms in total. The van der Waals surface area contributed by atoms with Gasteiger partial charge in [-0.25, -0.2) is 13.8 Å². The van der Waals surface area contributed by atoms with Crippen LogP contribution in [-0.4, -0.2) is 20.0 Å². The summed E-state index contributed by atoms with van der Waals surface area (Å²) in [5.41, 5.74) is 4.94. The summed E-state index contributed by atoms with van der Waals surface area (Å²) in [6.45, 7) is 2.00. The molecule has 0 saturated heterocycles. The minimum absolute atomic E-state index is 0.0423. The van der Waals surface area contributed by atoms with Gasteiger partial charge in [0.2, 0.25) is 0 Å². The highest BCUT2D eigenvalue weighted by Crippen LogP contribution is 2.24. The minimum Gasteiger partial charge on any atom is -0.278 e. The van der Waals surface area contributed by atoms with Gasteiger partial charge in [0, 0.05) is 5.56 Å². The quantitative estimate of drug-likeness (QED) is 0.740. The number of hydrogen-bond acceptors (Lipinski definition) is 4. The number of nitrogens with zero attached hydrogens (tertiary/aromatic N) is 1. The third-order valence-corrected chi connectivity index (χ3v) is 5.71. The first-order valence-corrected chi connectivity index (χ1v) is 10.1. The van der Waals surface area contributed by atoms with Gasteiger partial charge >= 0.3 is 0 Å². The van der Waals surface area contributed by atoms with E-state index in [1.54, 1.807) is 24.3 Å². The highest BCUT2D eigenvalue weighted by molar-refractivity contribution is 7.92. The summed E-state index contributed by atoms with van der Waals surface area (Å²) in [6, 6.07) is 12.3. The first-order valence-electron chi connectivity index (χ1n) is 8.27. The molecule has 2 N–H and O–H groups in total. The van der Waals surface area contributed by atoms with Crippen molar-refractivity contribution in [2.75, 3.05) is 4.72 Å². The average molecular weight is 404 g/mol. The average Bonchev–Trinajstić information content (AvgIpc) is 3.07. The monoisotopic (exact) mass is 403 g/mol. The van der Waals surface area contributed by atoms with Gasteiger partial charge in [-0.15, -0.1) is 0 Å². The van der Waals surface area contributed by atoms with Crippen LogP contribution in [-0.2, 0) is 10.0 Å². The number of para-hydroxylation sites is 1. The van der Waals surface area contributed by atoms with Crippen LogP contribution >= 0.6 is 11.6 Å². The fourth-order valence-electron chi connectivity index (χ4n) is 2.58. The van der Waals surface area contributed by atoms with Crippen molar-refractivity contribution in [3.8, 4) is 0 Å². The van der Waals surface area contributed by atoms with Gasteiger partial charge < -0.3 is 0 Å². The molecule has 0 fully saturated rings. The molecular formula is C19H18ClN3O3S. The van der Waals surface area contributed by atoms with Gasteiger partial charge in [-0.1, -0.05) is 35.4 Å². The lowest BCUT2D eigenvalue weighted by atomic mass is 10.2. The number of anilines is 1. The Morgan fingerprint density at radius 1 is 1.11 bits per heavy atom. The number of carbonyl (C=O) groups excluding carboxylic acids is 1. The summed E-state index contributed by atoms with van der Waals surface area (Å²) >= 11 is 6.00. The van der Waals surface area contributed by atoms with Gasteiger partial charge in [0.05, 0.1) is 21.3 Å². The Bertz CT molecular complexity index is 1050. The van der Waals surface area contributed by atoms with E-state index in [1.165, 1.54) is 29.8 Å². The molecule has 0 aromatic heterocycles. The number of benzene rings is 2. The van der Waals surface area contributed by atoms with Gasteiger partial charge in [-0.3, -0.25) is 9.52 Å². The van der Waals surface area contributed by atoms with Crippen LogP contribution in [0.25, 0.3) is 0 Å². The van der Waals surface area contributed by atoms with Crippen molar-refractivity contribution in [2.45, 2.75) is 24.7 Å². The molecule has 8 heteroatoms. The summed E-state index contributed by atoms with van der Waals surface area (Å²) in [7, 11) is -3.89. The van der Waals surface area contributed by atoms with E-state index in [-0.39, 0.29) is 21.2 Å². The topological polar surface area (TPSA) is 87.6 Å². The predicted molar refractivity (Wildman–Crippen MR) is 107 cm³/mol. The van der Waals surface area contributed by atoms with E-state index >= 15 is 0 Å². The van der Waals surface area contributed by atoms with Crippen LogP contribution in [0, 0.1) is 0 Å². The maximum absolute atomic E-state index is 12.6. The van der Waals surface area contributed by atoms with Crippen LogP contribution in [0.15, 0.2) is 70.2 Å². The molecule has 1 amide bonds. The first-order chi connectivity index (χ1) is 12.8. The van der Waals surface area contributed by atoms with Gasteiger partial charge in [-0.2, -0.15) is 5.10 Å². The van der Waals surface area contributed by atoms with E-state index in [1.807, 2.05) is 13.0 Å². The molecule has 140 valence electrons. The zero-order valence-electron chi connectivity index (χ0n) is 14.6. The summed E-state index contributed by atoms with van der Waals surface area (Å²) in [5, 5.41) is 4.36. The Morgan fingerprint density at radius 2 is 1.89 bits per heavy atom. The third-order valence-electron chi connectivity index (χ3n) is 4.01. The molecule has 1 aliphatic rings. The number of halogens is 1. The van der Waals surface area contributed by atoms with E-state index in [9.17, 15) is 13.2 Å². The van der Waals surface area contributed by atoms with Crippen molar-refractivity contribution in [1.29, 1.82) is 0 Å². The van der Waals surface area contributed by atoms with Crippen LogP contribution in [0.4, 0.5) is 5.69 Å². The smallest absolute Gasteiger partial charge is 0.271 e. The van der Waals surface area contributed by atoms with E-state index in [0.717, 1.165) is 18.6 Å². The van der Waals surface area contributed by atoms with Crippen LogP contribution in [0.3, 0.4) is 0 Å². The summed E-state index contributed by atoms with van der Waals surface area (Å²) in [4.78, 5) is 12.3. The van der Waals surface area contributed by atoms with Crippen LogP contribution in [0.2, 0.25) is 5.02 Å². The number of amides is 1. The molecule has 27 heavy (non-hydrogen) atoms. The zero-order chi connectivity index (χ0) is 19.4. The Labute approximate surface area is 163 Å². The number of sulfonamides is 1. The second-order valence-corrected chi connectivity index (χ2v) is 8.24. The minimum atomic E-state index is -3.89. The fourth-order valence-corrected chi connectivity index (χ4v) is 3.95. The molecule has 0 aliphatic heterocycles. The largest absolute Gasteiger partial charge is 0.278 e. The second-order valence-electron chi connectivity index (χ2n) is 6.15. The van der Waals surface area contributed by atoms with Crippen molar-refractivity contribution in [3.05, 3.63) is 70.8 Å². The van der Waals surface area contributed by atoms with Crippen molar-refractivity contribution in [3.63, 3.8) is 0 Å². The van der Waals surface area contributed by atoms with Crippen molar-refractivity contribution < 1.29 is 13.2 Å². The second kappa shape index (κ2) is 7.94. The Morgan fingerprint density at radius 3 is 2.59 bits per heavy atom. The van der Waals surface area contributed by atoms with E-state index in [0.29, 0.717) is 0 Å². The molecule has 0 heterocycles. The molecule has 0 spiro atoms. The molecule has 0 saturated carbocycles. The van der Waals surface area contributed by atoms with Crippen molar-refractivity contribution in [2.24, 2.45) is 5.10 Å². The highest BCUT2D eigenvalue weighted by atomic mass is 35.5. The lowest BCUT2D eigenvalue weighted by Crippen LogP contribution is -2.20. The summed E-state index contributed by atoms with van der Waals surface area (Å²) < 4.78 is 27.6. The van der Waals surface area contributed by atoms with Gasteiger partial charge in [0.15, 0.2) is 0 Å². The molecule has 0 bridgehead atoms. The first kappa shape index (κ1) is 19.1. The number of rotatable bonds is 5. The third kappa shape index (κ3) is 4.75. The Hall–Kier alpha value is -2.64. The van der Waals surface area contributed by atoms with Crippen molar-refractivity contribution >= 4 is 38.9 Å². The van der Waals surface area contributed by atoms with Crippen molar-refractivity contribution in [1.82, 2.24) is 5.43 Å². The SMILES string of the molecule is CC1=C/C(=N/NC(=O)c2cccc(S(=O)(=O)Nc3ccccc3Cl)c2)CC1. The van der Waals surface area contributed by atoms with Gasteiger partial charge in [-0.05, 0) is 56.2 Å². The highest BCUT2D eigenvalue weighted by Gasteiger charge is 2.18. The number of hydrazone groups is 1. The fraction of sp³-hybridized carbons (Fsp3) is 0.158. The molecule has 0 radical (unpaired) electrons. The zero-order valence-corrected chi connectivity index (χ0v) is 16.1. The normalized spacial score (nSPS) is 15.5. The number of carbonyl (C=O) groups is 1. The van der Waals surface area contributed by atoms with E-state index < -0.39 is 15.9 Å². The van der Waals surface area contributed by atoms with E-state index in [2.05, 4.69) is 15.2 Å². The summed E-state index contributed by atoms with van der Waals surface area (Å²) in [5.74, 6) is -0.477. The van der Waals surface area contributed by atoms with Crippen LogP contribution < -0.4 is 10.1 Å². The van der Waals surface area contributed by atoms with Gasteiger partial charge in [0.1, 0.15) is 0 Å². The lowest BCUT2D eigenvalue weighted by Gasteiger charge is -2.10. The Kier molecular flexibility index (Phi) is 5.62. The maximum Gasteiger partial charge on any atom is 0.271 e. The maximum atomic E-state index is 12.6. The Balaban J connectivity index is 1.78. The lowest BCUT2D eigenvalue weighted by molar-refractivity contribution is 0.0954. The van der Waals surface area contributed by atoms with Crippen LogP contribution in [0.5, 0.6) is 0 Å². The predicted octanol–water partition coefficient (Wildman–Crippen LogP) is 3.97. The molecule has 0 unspecified atom stereocenters. The van der Waals surface area contributed by atoms with Gasteiger partial charge in [0.25, 0.3) is 15.9 Å². The number of hydrogen-bond donors (Lipinski definition) is 2. The molecular weight excluding hydrogens is 386 g/mol. The number of allylic oxidation sites excluding steroid dienone is 2. The molecule has 2 aromatic carbocycles. The molecule has 1 aliphatic carbocycles. The van der Waals surface area contributed by atoms with E-state index in [4.69, 9.17) is 11.6 Å². The number of nitrogens with one attached hydrogen (secondary N) is 2. The summed E-state index contributed by atoms with van der Waals surface area (Å²) in [6.07, 6.45) is 3.63.